The lowest BCUT2D eigenvalue weighted by Crippen LogP contribution is -1.97. The second-order valence-electron chi connectivity index (χ2n) is 4.20. The fourth-order valence-corrected chi connectivity index (χ4v) is 2.26. The van der Waals surface area contributed by atoms with Gasteiger partial charge in [-0.15, -0.1) is 0 Å². The number of rotatable bonds is 5. The summed E-state index contributed by atoms with van der Waals surface area (Å²) >= 11 is 3.43. The molecule has 106 valence electrons. The Morgan fingerprint density at radius 2 is 1.95 bits per heavy atom. The van der Waals surface area contributed by atoms with Gasteiger partial charge in [0.1, 0.15) is 11.5 Å². The van der Waals surface area contributed by atoms with Crippen LogP contribution in [0.3, 0.4) is 0 Å². The number of hydrogen-bond donors (Lipinski definition) is 2. The number of methoxy groups -OCH3 is 1. The molecule has 0 fully saturated rings. The van der Waals surface area contributed by atoms with Crippen molar-refractivity contribution in [3.05, 3.63) is 40.9 Å². The summed E-state index contributed by atoms with van der Waals surface area (Å²) < 4.78 is 11.7. The molecule has 4 nitrogen and oxygen atoms in total. The van der Waals surface area contributed by atoms with Crippen molar-refractivity contribution in [2.75, 3.05) is 24.8 Å². The number of hydrogen-bond acceptors (Lipinski definition) is 4. The minimum absolute atomic E-state index is 0.606. The van der Waals surface area contributed by atoms with Crippen LogP contribution in [0.2, 0.25) is 0 Å². The number of halogens is 1. The molecule has 0 amide bonds. The molecule has 0 bridgehead atoms. The first-order valence-electron chi connectivity index (χ1n) is 6.26. The van der Waals surface area contributed by atoms with Crippen molar-refractivity contribution < 1.29 is 9.47 Å². The molecule has 0 atom stereocenters. The third-order valence-corrected chi connectivity index (χ3v) is 3.33. The number of anilines is 3. The topological polar surface area (TPSA) is 56.5 Å². The molecule has 2 aromatic carbocycles. The molecule has 0 aliphatic heterocycles. The molecule has 0 heterocycles. The molecular weight excluding hydrogens is 320 g/mol. The van der Waals surface area contributed by atoms with E-state index < -0.39 is 0 Å². The molecular formula is C15H17BrN2O2. The highest BCUT2D eigenvalue weighted by molar-refractivity contribution is 9.10. The molecule has 0 unspecified atom stereocenters. The molecule has 3 N–H and O–H groups in total. The Labute approximate surface area is 127 Å². The summed E-state index contributed by atoms with van der Waals surface area (Å²) in [4.78, 5) is 0. The van der Waals surface area contributed by atoms with Gasteiger partial charge < -0.3 is 20.5 Å². The van der Waals surface area contributed by atoms with Gasteiger partial charge in [0.2, 0.25) is 0 Å². The molecule has 0 radical (unpaired) electrons. The third kappa shape index (κ3) is 3.57. The van der Waals surface area contributed by atoms with Crippen LogP contribution in [0.25, 0.3) is 0 Å². The fourth-order valence-electron chi connectivity index (χ4n) is 1.85. The molecule has 0 aromatic heterocycles. The lowest BCUT2D eigenvalue weighted by Gasteiger charge is -2.12. The molecule has 0 saturated carbocycles. The van der Waals surface area contributed by atoms with Crippen molar-refractivity contribution in [3.8, 4) is 11.5 Å². The van der Waals surface area contributed by atoms with E-state index in [0.29, 0.717) is 12.3 Å². The first kappa shape index (κ1) is 14.5. The van der Waals surface area contributed by atoms with Gasteiger partial charge in [-0.3, -0.25) is 0 Å². The first-order valence-corrected chi connectivity index (χ1v) is 7.05. The maximum Gasteiger partial charge on any atom is 0.135 e. The molecule has 0 aliphatic rings. The number of nitrogen functional groups attached to an aromatic ring is 1. The van der Waals surface area contributed by atoms with Gasteiger partial charge in [-0.05, 0) is 41.1 Å². The summed E-state index contributed by atoms with van der Waals surface area (Å²) in [5, 5.41) is 3.28. The average Bonchev–Trinajstić information content (AvgIpc) is 2.40. The van der Waals surface area contributed by atoms with Crippen LogP contribution in [0.5, 0.6) is 11.5 Å². The molecule has 0 spiro atoms. The van der Waals surface area contributed by atoms with Gasteiger partial charge in [0.15, 0.2) is 0 Å². The Bertz CT molecular complexity index is 602. The fraction of sp³-hybridized carbons (Fsp3) is 0.200. The van der Waals surface area contributed by atoms with Crippen LogP contribution in [0, 0.1) is 0 Å². The summed E-state index contributed by atoms with van der Waals surface area (Å²) in [6.07, 6.45) is 0. The minimum Gasteiger partial charge on any atom is -0.495 e. The SMILES string of the molecule is CCOc1cc(N)cc(Nc2ccc(Br)c(OC)c2)c1. The summed E-state index contributed by atoms with van der Waals surface area (Å²) in [7, 11) is 1.64. The van der Waals surface area contributed by atoms with Crippen molar-refractivity contribution in [2.45, 2.75) is 6.92 Å². The second kappa shape index (κ2) is 6.52. The zero-order valence-corrected chi connectivity index (χ0v) is 13.0. The van der Waals surface area contributed by atoms with E-state index in [1.54, 1.807) is 13.2 Å². The van der Waals surface area contributed by atoms with Crippen molar-refractivity contribution in [2.24, 2.45) is 0 Å². The number of benzene rings is 2. The molecule has 5 heteroatoms. The van der Waals surface area contributed by atoms with E-state index >= 15 is 0 Å². The number of nitrogens with two attached hydrogens (primary N) is 1. The van der Waals surface area contributed by atoms with Crippen LogP contribution in [0.15, 0.2) is 40.9 Å². The molecule has 20 heavy (non-hydrogen) atoms. The number of ether oxygens (including phenoxy) is 2. The highest BCUT2D eigenvalue weighted by Crippen LogP contribution is 2.31. The average molecular weight is 337 g/mol. The van der Waals surface area contributed by atoms with E-state index in [1.807, 2.05) is 37.3 Å². The normalized spacial score (nSPS) is 10.2. The van der Waals surface area contributed by atoms with E-state index in [4.69, 9.17) is 15.2 Å². The summed E-state index contributed by atoms with van der Waals surface area (Å²) in [5.74, 6) is 1.52. The van der Waals surface area contributed by atoms with E-state index in [1.165, 1.54) is 0 Å². The molecule has 0 aliphatic carbocycles. The Balaban J connectivity index is 2.25. The van der Waals surface area contributed by atoms with Crippen molar-refractivity contribution in [1.29, 1.82) is 0 Å². The predicted octanol–water partition coefficient (Wildman–Crippen LogP) is 4.18. The highest BCUT2D eigenvalue weighted by atomic mass is 79.9. The molecule has 0 saturated heterocycles. The van der Waals surface area contributed by atoms with Crippen LogP contribution in [-0.2, 0) is 0 Å². The summed E-state index contributed by atoms with van der Waals surface area (Å²) in [6.45, 7) is 2.55. The lowest BCUT2D eigenvalue weighted by atomic mass is 10.2. The largest absolute Gasteiger partial charge is 0.495 e. The van der Waals surface area contributed by atoms with Gasteiger partial charge in [0, 0.05) is 35.3 Å². The Morgan fingerprint density at radius 1 is 1.15 bits per heavy atom. The van der Waals surface area contributed by atoms with E-state index in [-0.39, 0.29) is 0 Å². The van der Waals surface area contributed by atoms with Crippen molar-refractivity contribution in [1.82, 2.24) is 0 Å². The summed E-state index contributed by atoms with van der Waals surface area (Å²) in [6, 6.07) is 11.4. The maximum absolute atomic E-state index is 5.87. The standard InChI is InChI=1S/C15H17BrN2O2/c1-3-20-13-7-10(17)6-12(8-13)18-11-4-5-14(16)15(9-11)19-2/h4-9,18H,3,17H2,1-2H3. The maximum atomic E-state index is 5.87. The van der Waals surface area contributed by atoms with Crippen LogP contribution < -0.4 is 20.5 Å². The lowest BCUT2D eigenvalue weighted by molar-refractivity contribution is 0.340. The van der Waals surface area contributed by atoms with E-state index in [2.05, 4.69) is 21.2 Å². The zero-order valence-electron chi connectivity index (χ0n) is 11.4. The van der Waals surface area contributed by atoms with Gasteiger partial charge in [-0.1, -0.05) is 0 Å². The van der Waals surface area contributed by atoms with E-state index in [9.17, 15) is 0 Å². The quantitative estimate of drug-likeness (QED) is 0.804. The molecule has 2 aromatic rings. The van der Waals surface area contributed by atoms with Crippen LogP contribution >= 0.6 is 15.9 Å². The van der Waals surface area contributed by atoms with Gasteiger partial charge in [-0.25, -0.2) is 0 Å². The van der Waals surface area contributed by atoms with Gasteiger partial charge in [0.05, 0.1) is 18.2 Å². The molecule has 2 rings (SSSR count). The second-order valence-corrected chi connectivity index (χ2v) is 5.05. The van der Waals surface area contributed by atoms with Crippen molar-refractivity contribution >= 4 is 33.0 Å². The van der Waals surface area contributed by atoms with Crippen LogP contribution in [0.4, 0.5) is 17.1 Å². The van der Waals surface area contributed by atoms with Crippen molar-refractivity contribution in [3.63, 3.8) is 0 Å². The van der Waals surface area contributed by atoms with Gasteiger partial charge in [0.25, 0.3) is 0 Å². The van der Waals surface area contributed by atoms with Gasteiger partial charge >= 0.3 is 0 Å². The Hall–Kier alpha value is -1.88. The van der Waals surface area contributed by atoms with E-state index in [0.717, 1.165) is 27.3 Å². The highest BCUT2D eigenvalue weighted by Gasteiger charge is 2.04. The Kier molecular flexibility index (Phi) is 4.74. The van der Waals surface area contributed by atoms with Crippen LogP contribution in [-0.4, -0.2) is 13.7 Å². The first-order chi connectivity index (χ1) is 9.62. The Morgan fingerprint density at radius 3 is 2.65 bits per heavy atom. The number of nitrogens with one attached hydrogen (secondary N) is 1. The predicted molar refractivity (Wildman–Crippen MR) is 86.0 cm³/mol. The smallest absolute Gasteiger partial charge is 0.135 e. The third-order valence-electron chi connectivity index (χ3n) is 2.68. The van der Waals surface area contributed by atoms with Crippen LogP contribution in [0.1, 0.15) is 6.92 Å². The zero-order chi connectivity index (χ0) is 14.5. The summed E-state index contributed by atoms with van der Waals surface area (Å²) in [5.41, 5.74) is 8.31. The minimum atomic E-state index is 0.606. The monoisotopic (exact) mass is 336 g/mol. The van der Waals surface area contributed by atoms with Gasteiger partial charge in [-0.2, -0.15) is 0 Å².